The Morgan fingerprint density at radius 1 is 1.33 bits per heavy atom. The molecule has 2 atom stereocenters. The molecule has 1 saturated heterocycles. The van der Waals surface area contributed by atoms with Crippen LogP contribution in [0.4, 0.5) is 0 Å². The second-order valence-electron chi connectivity index (χ2n) is 4.22. The minimum atomic E-state index is -0.179. The third kappa shape index (κ3) is 4.02. The number of hydrogen-bond acceptors (Lipinski definition) is 2. The van der Waals surface area contributed by atoms with Crippen LogP contribution in [0, 0.1) is 0 Å². The van der Waals surface area contributed by atoms with Crippen molar-refractivity contribution < 1.29 is 9.84 Å². The van der Waals surface area contributed by atoms with Crippen LogP contribution < -0.4 is 0 Å². The van der Waals surface area contributed by atoms with Crippen molar-refractivity contribution in [3.8, 4) is 0 Å². The van der Waals surface area contributed by atoms with Crippen LogP contribution in [0.1, 0.15) is 24.8 Å². The Morgan fingerprint density at radius 3 is 2.73 bits per heavy atom. The Bertz CT molecular complexity index is 280. The average Bonchev–Trinajstić information content (AvgIpc) is 3.03. The highest BCUT2D eigenvalue weighted by Crippen LogP contribution is 2.18. The van der Waals surface area contributed by atoms with Gasteiger partial charge in [-0.2, -0.15) is 0 Å². The standard InChI is InChI=1S/C13H18O2/c14-12(9-13-10-15-13)8-4-7-11-5-2-1-3-6-11/h1-3,5-6,12-14H,4,7-10H2. The van der Waals surface area contributed by atoms with Gasteiger partial charge in [0.1, 0.15) is 0 Å². The van der Waals surface area contributed by atoms with E-state index in [1.54, 1.807) is 0 Å². The van der Waals surface area contributed by atoms with E-state index in [1.807, 2.05) is 6.07 Å². The average molecular weight is 206 g/mol. The summed E-state index contributed by atoms with van der Waals surface area (Å²) in [5, 5.41) is 9.66. The summed E-state index contributed by atoms with van der Waals surface area (Å²) in [5.74, 6) is 0. The van der Waals surface area contributed by atoms with E-state index in [1.165, 1.54) is 5.56 Å². The monoisotopic (exact) mass is 206 g/mol. The van der Waals surface area contributed by atoms with Gasteiger partial charge in [0.05, 0.1) is 18.8 Å². The van der Waals surface area contributed by atoms with Crippen LogP contribution in [-0.2, 0) is 11.2 Å². The number of aliphatic hydroxyl groups excluding tert-OH is 1. The Hall–Kier alpha value is -0.860. The lowest BCUT2D eigenvalue weighted by molar-refractivity contribution is 0.140. The summed E-state index contributed by atoms with van der Waals surface area (Å²) >= 11 is 0. The molecule has 2 nitrogen and oxygen atoms in total. The largest absolute Gasteiger partial charge is 0.393 e. The van der Waals surface area contributed by atoms with Gasteiger partial charge in [-0.15, -0.1) is 0 Å². The van der Waals surface area contributed by atoms with Gasteiger partial charge in [-0.25, -0.2) is 0 Å². The fraction of sp³-hybridized carbons (Fsp3) is 0.538. The summed E-state index contributed by atoms with van der Waals surface area (Å²) in [5.41, 5.74) is 1.35. The second-order valence-corrected chi connectivity index (χ2v) is 4.22. The smallest absolute Gasteiger partial charge is 0.0834 e. The number of benzene rings is 1. The molecule has 0 saturated carbocycles. The lowest BCUT2D eigenvalue weighted by Crippen LogP contribution is -2.10. The number of ether oxygens (including phenoxy) is 1. The molecule has 0 aliphatic carbocycles. The summed E-state index contributed by atoms with van der Waals surface area (Å²) in [6.45, 7) is 0.843. The van der Waals surface area contributed by atoms with Crippen molar-refractivity contribution >= 4 is 0 Å². The highest BCUT2D eigenvalue weighted by Gasteiger charge is 2.25. The van der Waals surface area contributed by atoms with Crippen molar-refractivity contribution in [2.45, 2.75) is 37.9 Å². The van der Waals surface area contributed by atoms with E-state index in [9.17, 15) is 5.11 Å². The van der Waals surface area contributed by atoms with Crippen molar-refractivity contribution in [3.05, 3.63) is 35.9 Å². The SMILES string of the molecule is OC(CCCc1ccccc1)CC1CO1. The first kappa shape index (κ1) is 10.7. The summed E-state index contributed by atoms with van der Waals surface area (Å²) in [6, 6.07) is 10.4. The van der Waals surface area contributed by atoms with Crippen LogP contribution in [0.2, 0.25) is 0 Å². The molecule has 1 aromatic carbocycles. The predicted octanol–water partition coefficient (Wildman–Crippen LogP) is 2.16. The van der Waals surface area contributed by atoms with Gasteiger partial charge in [-0.1, -0.05) is 30.3 Å². The maximum absolute atomic E-state index is 9.66. The van der Waals surface area contributed by atoms with E-state index in [0.717, 1.165) is 32.3 Å². The van der Waals surface area contributed by atoms with E-state index in [2.05, 4.69) is 24.3 Å². The van der Waals surface area contributed by atoms with Gasteiger partial charge in [0.2, 0.25) is 0 Å². The number of aryl methyl sites for hydroxylation is 1. The van der Waals surface area contributed by atoms with Gasteiger partial charge < -0.3 is 9.84 Å². The minimum absolute atomic E-state index is 0.179. The normalized spacial score (nSPS) is 21.3. The van der Waals surface area contributed by atoms with E-state index in [-0.39, 0.29) is 6.10 Å². The van der Waals surface area contributed by atoms with Crippen LogP contribution in [0.3, 0.4) is 0 Å². The summed E-state index contributed by atoms with van der Waals surface area (Å²) in [7, 11) is 0. The first-order valence-electron chi connectivity index (χ1n) is 5.68. The Kier molecular flexibility index (Phi) is 3.75. The van der Waals surface area contributed by atoms with Gasteiger partial charge in [0.25, 0.3) is 0 Å². The molecule has 0 spiro atoms. The van der Waals surface area contributed by atoms with Crippen LogP contribution in [0.25, 0.3) is 0 Å². The fourth-order valence-corrected chi connectivity index (χ4v) is 1.81. The zero-order valence-electron chi connectivity index (χ0n) is 8.93. The van der Waals surface area contributed by atoms with Crippen molar-refractivity contribution in [1.29, 1.82) is 0 Å². The van der Waals surface area contributed by atoms with E-state index >= 15 is 0 Å². The Labute approximate surface area is 90.9 Å². The number of rotatable bonds is 6. The molecule has 1 N–H and O–H groups in total. The molecule has 1 heterocycles. The van der Waals surface area contributed by atoms with Gasteiger partial charge in [0.15, 0.2) is 0 Å². The van der Waals surface area contributed by atoms with Crippen molar-refractivity contribution in [3.63, 3.8) is 0 Å². The Balaban J connectivity index is 1.61. The molecule has 1 aliphatic heterocycles. The fourth-order valence-electron chi connectivity index (χ4n) is 1.81. The van der Waals surface area contributed by atoms with E-state index in [4.69, 9.17) is 4.74 Å². The van der Waals surface area contributed by atoms with Crippen molar-refractivity contribution in [2.24, 2.45) is 0 Å². The Morgan fingerprint density at radius 2 is 2.07 bits per heavy atom. The molecule has 1 fully saturated rings. The zero-order valence-corrected chi connectivity index (χ0v) is 8.93. The number of hydrogen-bond donors (Lipinski definition) is 1. The molecule has 0 aromatic heterocycles. The maximum atomic E-state index is 9.66. The minimum Gasteiger partial charge on any atom is -0.393 e. The van der Waals surface area contributed by atoms with Crippen LogP contribution in [0.5, 0.6) is 0 Å². The van der Waals surface area contributed by atoms with Gasteiger partial charge in [0, 0.05) is 6.42 Å². The zero-order chi connectivity index (χ0) is 10.5. The van der Waals surface area contributed by atoms with Crippen LogP contribution in [0.15, 0.2) is 30.3 Å². The molecule has 15 heavy (non-hydrogen) atoms. The predicted molar refractivity (Wildman–Crippen MR) is 59.7 cm³/mol. The highest BCUT2D eigenvalue weighted by atomic mass is 16.6. The summed E-state index contributed by atoms with van der Waals surface area (Å²) in [6.07, 6.45) is 3.98. The molecule has 82 valence electrons. The lowest BCUT2D eigenvalue weighted by Gasteiger charge is -2.08. The third-order valence-corrected chi connectivity index (χ3v) is 2.78. The molecule has 0 bridgehead atoms. The molecule has 2 unspecified atom stereocenters. The molecule has 1 aromatic rings. The number of aliphatic hydroxyl groups is 1. The molecular formula is C13H18O2. The van der Waals surface area contributed by atoms with E-state index in [0.29, 0.717) is 6.10 Å². The maximum Gasteiger partial charge on any atom is 0.0834 e. The first-order valence-corrected chi connectivity index (χ1v) is 5.68. The first-order chi connectivity index (χ1) is 7.34. The lowest BCUT2D eigenvalue weighted by atomic mass is 10.0. The molecule has 2 heteroatoms. The van der Waals surface area contributed by atoms with E-state index < -0.39 is 0 Å². The van der Waals surface area contributed by atoms with Crippen molar-refractivity contribution in [1.82, 2.24) is 0 Å². The van der Waals surface area contributed by atoms with Crippen molar-refractivity contribution in [2.75, 3.05) is 6.61 Å². The quantitative estimate of drug-likeness (QED) is 0.723. The highest BCUT2D eigenvalue weighted by molar-refractivity contribution is 5.14. The second kappa shape index (κ2) is 5.29. The molecule has 2 rings (SSSR count). The third-order valence-electron chi connectivity index (χ3n) is 2.78. The van der Waals surface area contributed by atoms with Gasteiger partial charge in [-0.05, 0) is 24.8 Å². The molecule has 1 aliphatic rings. The van der Waals surface area contributed by atoms with Crippen LogP contribution in [-0.4, -0.2) is 23.9 Å². The molecule has 0 radical (unpaired) electrons. The van der Waals surface area contributed by atoms with Crippen LogP contribution >= 0.6 is 0 Å². The molecule has 0 amide bonds. The topological polar surface area (TPSA) is 32.8 Å². The van der Waals surface area contributed by atoms with Gasteiger partial charge >= 0.3 is 0 Å². The molecular weight excluding hydrogens is 188 g/mol. The summed E-state index contributed by atoms with van der Waals surface area (Å²) in [4.78, 5) is 0. The van der Waals surface area contributed by atoms with Gasteiger partial charge in [-0.3, -0.25) is 0 Å². The number of epoxide rings is 1. The summed E-state index contributed by atoms with van der Waals surface area (Å²) < 4.78 is 5.08.